The molecule has 0 radical (unpaired) electrons. The average molecular weight is 290 g/mol. The Morgan fingerprint density at radius 2 is 1.86 bits per heavy atom. The van der Waals surface area contributed by atoms with Crippen molar-refractivity contribution in [2.45, 2.75) is 43.9 Å². The highest BCUT2D eigenvalue weighted by Gasteiger charge is 2.30. The summed E-state index contributed by atoms with van der Waals surface area (Å²) in [6.45, 7) is 0. The zero-order valence-corrected chi connectivity index (χ0v) is 13.2. The van der Waals surface area contributed by atoms with Gasteiger partial charge in [0, 0.05) is 26.2 Å². The molecule has 1 saturated carbocycles. The summed E-state index contributed by atoms with van der Waals surface area (Å²) in [6.07, 6.45) is 3.86. The second-order valence-corrected chi connectivity index (χ2v) is 5.77. The summed E-state index contributed by atoms with van der Waals surface area (Å²) in [5, 5.41) is 3.32. The molecule has 1 aromatic carbocycles. The van der Waals surface area contributed by atoms with Crippen LogP contribution in [-0.2, 0) is 9.53 Å². The Kier molecular flexibility index (Phi) is 5.76. The van der Waals surface area contributed by atoms with Crippen molar-refractivity contribution in [3.63, 3.8) is 0 Å². The normalized spacial score (nSPS) is 23.6. The molecule has 0 aromatic heterocycles. The van der Waals surface area contributed by atoms with Crippen LogP contribution in [0, 0.1) is 0 Å². The Labute approximate surface area is 127 Å². The van der Waals surface area contributed by atoms with E-state index in [0.717, 1.165) is 31.2 Å². The zero-order chi connectivity index (χ0) is 15.2. The number of hydrogen-bond acceptors (Lipinski definition) is 3. The van der Waals surface area contributed by atoms with Crippen molar-refractivity contribution >= 4 is 5.91 Å². The topological polar surface area (TPSA) is 41.6 Å². The Balaban J connectivity index is 2.01. The van der Waals surface area contributed by atoms with Gasteiger partial charge in [-0.1, -0.05) is 30.3 Å². The first-order valence-corrected chi connectivity index (χ1v) is 7.69. The molecule has 1 unspecified atom stereocenters. The van der Waals surface area contributed by atoms with Gasteiger partial charge >= 0.3 is 0 Å². The van der Waals surface area contributed by atoms with E-state index in [1.807, 2.05) is 49.3 Å². The quantitative estimate of drug-likeness (QED) is 0.905. The van der Waals surface area contributed by atoms with E-state index in [9.17, 15) is 4.79 Å². The standard InChI is InChI=1S/C17H26N2O2/c1-18-14-9-11-15(12-10-14)19(2)17(20)16(21-3)13-7-5-4-6-8-13/h4-8,14-16,18H,9-12H2,1-3H3. The van der Waals surface area contributed by atoms with E-state index >= 15 is 0 Å². The van der Waals surface area contributed by atoms with E-state index in [2.05, 4.69) is 5.32 Å². The smallest absolute Gasteiger partial charge is 0.256 e. The summed E-state index contributed by atoms with van der Waals surface area (Å²) in [5.74, 6) is 0.0524. The second-order valence-electron chi connectivity index (χ2n) is 5.77. The lowest BCUT2D eigenvalue weighted by Gasteiger charge is -2.36. The van der Waals surface area contributed by atoms with E-state index in [0.29, 0.717) is 12.1 Å². The number of nitrogens with zero attached hydrogens (tertiary/aromatic N) is 1. The Bertz CT molecular complexity index is 441. The van der Waals surface area contributed by atoms with Crippen LogP contribution in [0.5, 0.6) is 0 Å². The van der Waals surface area contributed by atoms with E-state index in [1.165, 1.54) is 0 Å². The van der Waals surface area contributed by atoms with Crippen molar-refractivity contribution in [2.75, 3.05) is 21.2 Å². The maximum absolute atomic E-state index is 12.7. The summed E-state index contributed by atoms with van der Waals surface area (Å²) < 4.78 is 5.45. The van der Waals surface area contributed by atoms with Crippen molar-refractivity contribution < 1.29 is 9.53 Å². The van der Waals surface area contributed by atoms with Crippen LogP contribution in [0.2, 0.25) is 0 Å². The van der Waals surface area contributed by atoms with Crippen LogP contribution < -0.4 is 5.32 Å². The first kappa shape index (κ1) is 16.0. The van der Waals surface area contributed by atoms with Gasteiger partial charge in [-0.3, -0.25) is 4.79 Å². The summed E-state index contributed by atoms with van der Waals surface area (Å²) in [7, 11) is 5.51. The summed E-state index contributed by atoms with van der Waals surface area (Å²) in [6, 6.07) is 10.6. The molecule has 0 heterocycles. The molecule has 0 aliphatic heterocycles. The van der Waals surface area contributed by atoms with Gasteiger partial charge in [0.15, 0.2) is 6.10 Å². The minimum Gasteiger partial charge on any atom is -0.367 e. The highest BCUT2D eigenvalue weighted by atomic mass is 16.5. The number of amides is 1. The van der Waals surface area contributed by atoms with Crippen LogP contribution in [0.4, 0.5) is 0 Å². The molecular weight excluding hydrogens is 264 g/mol. The number of carbonyl (C=O) groups is 1. The van der Waals surface area contributed by atoms with Gasteiger partial charge in [-0.25, -0.2) is 0 Å². The van der Waals surface area contributed by atoms with Gasteiger partial charge in [-0.15, -0.1) is 0 Å². The van der Waals surface area contributed by atoms with Crippen molar-refractivity contribution in [3.05, 3.63) is 35.9 Å². The van der Waals surface area contributed by atoms with Crippen molar-refractivity contribution in [1.82, 2.24) is 10.2 Å². The molecule has 21 heavy (non-hydrogen) atoms. The van der Waals surface area contributed by atoms with Gasteiger partial charge in [-0.2, -0.15) is 0 Å². The SMILES string of the molecule is CNC1CCC(N(C)C(=O)C(OC)c2ccccc2)CC1. The number of rotatable bonds is 5. The fourth-order valence-corrected chi connectivity index (χ4v) is 3.12. The molecule has 0 saturated heterocycles. The molecule has 1 amide bonds. The first-order valence-electron chi connectivity index (χ1n) is 7.69. The largest absolute Gasteiger partial charge is 0.367 e. The molecular formula is C17H26N2O2. The lowest BCUT2D eigenvalue weighted by atomic mass is 9.90. The van der Waals surface area contributed by atoms with Crippen LogP contribution in [0.1, 0.15) is 37.4 Å². The summed E-state index contributed by atoms with van der Waals surface area (Å²) in [4.78, 5) is 14.6. The van der Waals surface area contributed by atoms with Crippen molar-refractivity contribution in [1.29, 1.82) is 0 Å². The fraction of sp³-hybridized carbons (Fsp3) is 0.588. The fourth-order valence-electron chi connectivity index (χ4n) is 3.12. The van der Waals surface area contributed by atoms with Gasteiger partial charge in [0.1, 0.15) is 0 Å². The number of likely N-dealkylation sites (N-methyl/N-ethyl adjacent to an activating group) is 1. The Hall–Kier alpha value is -1.39. The van der Waals surface area contributed by atoms with Crippen LogP contribution in [0.25, 0.3) is 0 Å². The molecule has 1 N–H and O–H groups in total. The monoisotopic (exact) mass is 290 g/mol. The lowest BCUT2D eigenvalue weighted by Crippen LogP contribution is -2.44. The van der Waals surface area contributed by atoms with E-state index in [4.69, 9.17) is 4.74 Å². The minimum atomic E-state index is -0.502. The van der Waals surface area contributed by atoms with Crippen LogP contribution in [0.15, 0.2) is 30.3 Å². The number of benzene rings is 1. The van der Waals surface area contributed by atoms with Gasteiger partial charge < -0.3 is 15.0 Å². The maximum Gasteiger partial charge on any atom is 0.256 e. The Morgan fingerprint density at radius 3 is 2.38 bits per heavy atom. The third-order valence-electron chi connectivity index (χ3n) is 4.56. The molecule has 0 bridgehead atoms. The van der Waals surface area contributed by atoms with E-state index in [-0.39, 0.29) is 5.91 Å². The lowest BCUT2D eigenvalue weighted by molar-refractivity contribution is -0.143. The number of carbonyl (C=O) groups excluding carboxylic acids is 1. The van der Waals surface area contributed by atoms with Crippen molar-refractivity contribution in [3.8, 4) is 0 Å². The molecule has 1 aromatic rings. The zero-order valence-electron chi connectivity index (χ0n) is 13.2. The minimum absolute atomic E-state index is 0.0524. The van der Waals surface area contributed by atoms with Crippen LogP contribution in [-0.4, -0.2) is 44.1 Å². The molecule has 116 valence electrons. The van der Waals surface area contributed by atoms with Gasteiger partial charge in [0.05, 0.1) is 0 Å². The molecule has 1 aliphatic rings. The van der Waals surface area contributed by atoms with Gasteiger partial charge in [-0.05, 0) is 38.3 Å². The van der Waals surface area contributed by atoms with Gasteiger partial charge in [0.25, 0.3) is 5.91 Å². The second kappa shape index (κ2) is 7.57. The molecule has 2 rings (SSSR count). The molecule has 1 fully saturated rings. The van der Waals surface area contributed by atoms with Crippen LogP contribution in [0.3, 0.4) is 0 Å². The highest BCUT2D eigenvalue weighted by Crippen LogP contribution is 2.26. The molecule has 1 atom stereocenters. The maximum atomic E-state index is 12.7. The highest BCUT2D eigenvalue weighted by molar-refractivity contribution is 5.82. The number of hydrogen-bond donors (Lipinski definition) is 1. The summed E-state index contributed by atoms with van der Waals surface area (Å²) >= 11 is 0. The van der Waals surface area contributed by atoms with Crippen molar-refractivity contribution in [2.24, 2.45) is 0 Å². The predicted molar refractivity (Wildman–Crippen MR) is 84.1 cm³/mol. The third kappa shape index (κ3) is 3.83. The van der Waals surface area contributed by atoms with E-state index < -0.39 is 6.10 Å². The predicted octanol–water partition coefficient (Wildman–Crippen LogP) is 2.36. The number of ether oxygens (including phenoxy) is 1. The average Bonchev–Trinajstić information content (AvgIpc) is 2.56. The van der Waals surface area contributed by atoms with Gasteiger partial charge in [0.2, 0.25) is 0 Å². The molecule has 0 spiro atoms. The molecule has 4 heteroatoms. The molecule has 4 nitrogen and oxygen atoms in total. The van der Waals surface area contributed by atoms with E-state index in [1.54, 1.807) is 7.11 Å². The van der Waals surface area contributed by atoms with Crippen LogP contribution >= 0.6 is 0 Å². The number of methoxy groups -OCH3 is 1. The molecule has 1 aliphatic carbocycles. The Morgan fingerprint density at radius 1 is 1.24 bits per heavy atom. The third-order valence-corrected chi connectivity index (χ3v) is 4.56. The first-order chi connectivity index (χ1) is 10.2. The number of nitrogens with one attached hydrogen (secondary N) is 1. The summed E-state index contributed by atoms with van der Waals surface area (Å²) in [5.41, 5.74) is 0.917.